The van der Waals surface area contributed by atoms with Crippen molar-refractivity contribution in [1.82, 2.24) is 9.78 Å². The number of nitrogens with zero attached hydrogens (tertiary/aromatic N) is 1. The van der Waals surface area contributed by atoms with E-state index in [9.17, 15) is 9.59 Å². The molecule has 0 unspecified atom stereocenters. The number of carbonyl (C=O) groups excluding carboxylic acids is 1. The van der Waals surface area contributed by atoms with E-state index in [0.717, 1.165) is 16.9 Å². The van der Waals surface area contributed by atoms with Crippen LogP contribution in [0, 0.1) is 0 Å². The number of carbonyl (C=O) groups is 1. The molecule has 5 nitrogen and oxygen atoms in total. The monoisotopic (exact) mass is 507 g/mol. The largest absolute Gasteiger partial charge is 0.343 e. The van der Waals surface area contributed by atoms with E-state index in [1.165, 1.54) is 9.56 Å². The first-order chi connectivity index (χ1) is 16.5. The third-order valence-electron chi connectivity index (χ3n) is 6.52. The van der Waals surface area contributed by atoms with Gasteiger partial charge in [0.05, 0.1) is 21.3 Å². The number of rotatable bonds is 3. The Morgan fingerprint density at radius 1 is 0.941 bits per heavy atom. The molecule has 34 heavy (non-hydrogen) atoms. The fourth-order valence-electron chi connectivity index (χ4n) is 5.00. The smallest absolute Gasteiger partial charge is 0.277 e. The number of ketones is 1. The molecule has 0 fully saturated rings. The van der Waals surface area contributed by atoms with Crippen LogP contribution in [-0.2, 0) is 4.79 Å². The van der Waals surface area contributed by atoms with Gasteiger partial charge in [-0.25, -0.2) is 4.68 Å². The van der Waals surface area contributed by atoms with E-state index in [2.05, 4.69) is 16.5 Å². The molecule has 1 aliphatic heterocycles. The van der Waals surface area contributed by atoms with Crippen LogP contribution in [-0.4, -0.2) is 15.6 Å². The quantitative estimate of drug-likeness (QED) is 0.332. The molecule has 0 bridgehead atoms. The molecule has 8 heteroatoms. The van der Waals surface area contributed by atoms with Crippen LogP contribution in [0.3, 0.4) is 0 Å². The number of halogens is 2. The van der Waals surface area contributed by atoms with Gasteiger partial charge in [-0.15, -0.1) is 11.3 Å². The van der Waals surface area contributed by atoms with Crippen LogP contribution in [0.1, 0.15) is 40.7 Å². The lowest BCUT2D eigenvalue weighted by atomic mass is 9.74. The maximum absolute atomic E-state index is 13.7. The molecule has 0 radical (unpaired) electrons. The van der Waals surface area contributed by atoms with Gasteiger partial charge in [-0.3, -0.25) is 14.7 Å². The summed E-state index contributed by atoms with van der Waals surface area (Å²) in [5.41, 5.74) is 3.27. The van der Waals surface area contributed by atoms with Gasteiger partial charge in [0.1, 0.15) is 5.82 Å². The number of aromatic nitrogens is 2. The summed E-state index contributed by atoms with van der Waals surface area (Å²) in [6.07, 6.45) is 1.10. The van der Waals surface area contributed by atoms with Gasteiger partial charge >= 0.3 is 0 Å². The Morgan fingerprint density at radius 3 is 2.50 bits per heavy atom. The summed E-state index contributed by atoms with van der Waals surface area (Å²) >= 11 is 14.2. The van der Waals surface area contributed by atoms with Crippen molar-refractivity contribution in [2.24, 2.45) is 0 Å². The number of Topliss-reactive ketones (excluding diaryl/α,β-unsaturated/α-hetero) is 1. The molecule has 3 heterocycles. The Hall–Kier alpha value is -3.06. The molecular formula is C26H19Cl2N3O2S. The molecule has 2 N–H and O–H groups in total. The minimum absolute atomic E-state index is 0.0423. The molecule has 0 saturated heterocycles. The Morgan fingerprint density at radius 2 is 1.76 bits per heavy atom. The van der Waals surface area contributed by atoms with Gasteiger partial charge in [0.25, 0.3) is 5.56 Å². The van der Waals surface area contributed by atoms with Crippen LogP contribution < -0.4 is 10.9 Å². The number of hydrogen-bond donors (Lipinski definition) is 2. The summed E-state index contributed by atoms with van der Waals surface area (Å²) in [4.78, 5) is 28.5. The van der Waals surface area contributed by atoms with Crippen LogP contribution in [0.5, 0.6) is 0 Å². The minimum atomic E-state index is -0.536. The fourth-order valence-corrected chi connectivity index (χ4v) is 6.14. The maximum atomic E-state index is 13.7. The number of hydrogen-bond acceptors (Lipinski definition) is 4. The molecule has 4 aromatic rings. The summed E-state index contributed by atoms with van der Waals surface area (Å²) in [7, 11) is 0. The number of anilines is 1. The summed E-state index contributed by atoms with van der Waals surface area (Å²) in [5, 5.41) is 9.49. The van der Waals surface area contributed by atoms with Gasteiger partial charge in [0.15, 0.2) is 5.78 Å². The molecule has 1 aliphatic carbocycles. The number of para-hydroxylation sites is 1. The van der Waals surface area contributed by atoms with Crippen molar-refractivity contribution in [1.29, 1.82) is 0 Å². The van der Waals surface area contributed by atoms with E-state index in [1.54, 1.807) is 23.5 Å². The average Bonchev–Trinajstić information content (AvgIpc) is 3.49. The van der Waals surface area contributed by atoms with Gasteiger partial charge in [-0.05, 0) is 47.7 Å². The average molecular weight is 508 g/mol. The second kappa shape index (κ2) is 8.31. The Bertz CT molecular complexity index is 1500. The number of thiophene rings is 1. The third-order valence-corrected chi connectivity index (χ3v) is 8.30. The molecule has 0 spiro atoms. The SMILES string of the molecule is O=C1C[C@@H](c2cccs2)CC2=C1[C@H](c1ccc(Cl)c(Cl)c1)c1c([nH]n(-c3ccccc3)c1=O)N2. The van der Waals surface area contributed by atoms with E-state index in [0.29, 0.717) is 39.8 Å². The molecule has 2 aromatic heterocycles. The van der Waals surface area contributed by atoms with Gasteiger partial charge in [-0.1, -0.05) is 53.5 Å². The number of H-pyrrole nitrogens is 1. The number of fused-ring (bicyclic) bond motifs is 1. The number of allylic oxidation sites excluding steroid dienone is 2. The molecule has 2 aliphatic rings. The summed E-state index contributed by atoms with van der Waals surface area (Å²) in [6.45, 7) is 0. The Labute approximate surface area is 209 Å². The van der Waals surface area contributed by atoms with Crippen LogP contribution >= 0.6 is 34.5 Å². The van der Waals surface area contributed by atoms with Crippen molar-refractivity contribution in [3.63, 3.8) is 0 Å². The van der Waals surface area contributed by atoms with Crippen LogP contribution in [0.4, 0.5) is 5.82 Å². The number of aromatic amines is 1. The summed E-state index contributed by atoms with van der Waals surface area (Å²) < 4.78 is 1.52. The summed E-state index contributed by atoms with van der Waals surface area (Å²) in [5.74, 6) is 0.216. The third kappa shape index (κ3) is 3.45. The van der Waals surface area contributed by atoms with E-state index < -0.39 is 5.92 Å². The molecule has 0 saturated carbocycles. The first-order valence-corrected chi connectivity index (χ1v) is 12.6. The maximum Gasteiger partial charge on any atom is 0.277 e. The highest BCUT2D eigenvalue weighted by Crippen LogP contribution is 2.47. The van der Waals surface area contributed by atoms with Gasteiger partial charge in [0, 0.05) is 34.4 Å². The lowest BCUT2D eigenvalue weighted by molar-refractivity contribution is -0.116. The minimum Gasteiger partial charge on any atom is -0.343 e. The van der Waals surface area contributed by atoms with E-state index in [-0.39, 0.29) is 17.3 Å². The van der Waals surface area contributed by atoms with Crippen molar-refractivity contribution < 1.29 is 4.79 Å². The van der Waals surface area contributed by atoms with Crippen molar-refractivity contribution in [3.05, 3.63) is 114 Å². The van der Waals surface area contributed by atoms with E-state index >= 15 is 0 Å². The highest BCUT2D eigenvalue weighted by Gasteiger charge is 2.41. The molecule has 6 rings (SSSR count). The lowest BCUT2D eigenvalue weighted by Crippen LogP contribution is -2.31. The zero-order valence-electron chi connectivity index (χ0n) is 17.8. The topological polar surface area (TPSA) is 66.9 Å². The highest BCUT2D eigenvalue weighted by atomic mass is 35.5. The Kier molecular flexibility index (Phi) is 5.25. The predicted molar refractivity (Wildman–Crippen MR) is 137 cm³/mol. The van der Waals surface area contributed by atoms with E-state index in [1.807, 2.05) is 47.8 Å². The normalized spacial score (nSPS) is 19.5. The van der Waals surface area contributed by atoms with Gasteiger partial charge in [-0.2, -0.15) is 0 Å². The number of benzene rings is 2. The van der Waals surface area contributed by atoms with Crippen molar-refractivity contribution in [2.45, 2.75) is 24.7 Å². The first kappa shape index (κ1) is 21.5. The molecule has 2 aromatic carbocycles. The van der Waals surface area contributed by atoms with E-state index in [4.69, 9.17) is 23.2 Å². The standard InChI is InChI=1S/C26H19Cl2N3O2S/c27-17-9-8-14(11-18(17)28)22-23-19(12-15(13-20(23)32)21-7-4-10-34-21)29-25-24(22)26(33)31(30-25)16-5-2-1-3-6-16/h1-11,15,22,29-30H,12-13H2/t15-,22-/m0/s1. The predicted octanol–water partition coefficient (Wildman–Crippen LogP) is 6.49. The Balaban J connectivity index is 1.54. The summed E-state index contributed by atoms with van der Waals surface area (Å²) in [6, 6.07) is 18.8. The van der Waals surface area contributed by atoms with Crippen LogP contribution in [0.2, 0.25) is 10.0 Å². The van der Waals surface area contributed by atoms with Crippen LogP contribution in [0.25, 0.3) is 5.69 Å². The zero-order valence-corrected chi connectivity index (χ0v) is 20.2. The van der Waals surface area contributed by atoms with Crippen molar-refractivity contribution in [3.8, 4) is 5.69 Å². The zero-order chi connectivity index (χ0) is 23.4. The fraction of sp³-hybridized carbons (Fsp3) is 0.154. The lowest BCUT2D eigenvalue weighted by Gasteiger charge is -2.34. The molecular weight excluding hydrogens is 489 g/mol. The van der Waals surface area contributed by atoms with Crippen LogP contribution in [0.15, 0.2) is 82.1 Å². The first-order valence-electron chi connectivity index (χ1n) is 10.9. The van der Waals surface area contributed by atoms with Gasteiger partial charge < -0.3 is 5.32 Å². The molecule has 170 valence electrons. The van der Waals surface area contributed by atoms with Crippen molar-refractivity contribution in [2.75, 3.05) is 5.32 Å². The van der Waals surface area contributed by atoms with Gasteiger partial charge in [0.2, 0.25) is 0 Å². The second-order valence-corrected chi connectivity index (χ2v) is 10.3. The van der Waals surface area contributed by atoms with Crippen molar-refractivity contribution >= 4 is 46.1 Å². The highest BCUT2D eigenvalue weighted by molar-refractivity contribution is 7.10. The molecule has 0 amide bonds. The number of nitrogens with one attached hydrogen (secondary N) is 2. The molecule has 2 atom stereocenters. The second-order valence-electron chi connectivity index (χ2n) is 8.54.